The van der Waals surface area contributed by atoms with Crippen LogP contribution in [0.2, 0.25) is 0 Å². The molecule has 30 heavy (non-hydrogen) atoms. The van der Waals surface area contributed by atoms with Crippen LogP contribution in [-0.2, 0) is 4.79 Å². The number of Topliss-reactive ketones (excluding diaryl/α,β-unsaturated/α-hetero) is 1. The second-order valence-electron chi connectivity index (χ2n) is 12.6. The molecule has 4 aliphatic carbocycles. The smallest absolute Gasteiger partial charge is 0.137 e. The fourth-order valence-electron chi connectivity index (χ4n) is 8.66. The number of rotatable bonds is 4. The van der Waals surface area contributed by atoms with Crippen molar-refractivity contribution in [2.45, 2.75) is 99.0 Å². The number of allylic oxidation sites excluding steroid dienone is 2. The molecule has 4 fully saturated rings. The van der Waals surface area contributed by atoms with Crippen molar-refractivity contribution in [1.29, 1.82) is 0 Å². The fraction of sp³-hybridized carbons (Fsp3) is 0.893. The molecule has 0 aliphatic heterocycles. The number of hydrogen-bond donors (Lipinski definition) is 1. The van der Waals surface area contributed by atoms with Crippen LogP contribution in [0.25, 0.3) is 0 Å². The van der Waals surface area contributed by atoms with Gasteiger partial charge in [-0.3, -0.25) is 4.79 Å². The van der Waals surface area contributed by atoms with E-state index in [0.29, 0.717) is 47.2 Å². The van der Waals surface area contributed by atoms with Gasteiger partial charge in [0.05, 0.1) is 6.10 Å². The summed E-state index contributed by atoms with van der Waals surface area (Å²) in [6, 6.07) is 0. The molecule has 4 rings (SSSR count). The van der Waals surface area contributed by atoms with E-state index < -0.39 is 0 Å². The lowest BCUT2D eigenvalue weighted by atomic mass is 9.44. The summed E-state index contributed by atoms with van der Waals surface area (Å²) in [6.07, 6.45) is 13.5. The molecule has 0 aromatic carbocycles. The van der Waals surface area contributed by atoms with Gasteiger partial charge < -0.3 is 5.11 Å². The van der Waals surface area contributed by atoms with Gasteiger partial charge in [-0.25, -0.2) is 0 Å². The van der Waals surface area contributed by atoms with Gasteiger partial charge in [-0.1, -0.05) is 53.7 Å². The van der Waals surface area contributed by atoms with Gasteiger partial charge in [-0.05, 0) is 97.2 Å². The number of carbonyl (C=O) groups is 1. The molecule has 0 unspecified atom stereocenters. The quantitative estimate of drug-likeness (QED) is 0.522. The van der Waals surface area contributed by atoms with Crippen molar-refractivity contribution in [3.63, 3.8) is 0 Å². The zero-order chi connectivity index (χ0) is 21.8. The average Bonchev–Trinajstić information content (AvgIpc) is 3.02. The van der Waals surface area contributed by atoms with Gasteiger partial charge in [0.2, 0.25) is 0 Å². The zero-order valence-electron chi connectivity index (χ0n) is 20.4. The van der Waals surface area contributed by atoms with Crippen molar-refractivity contribution in [3.8, 4) is 0 Å². The van der Waals surface area contributed by atoms with Crippen molar-refractivity contribution in [3.05, 3.63) is 12.2 Å². The summed E-state index contributed by atoms with van der Waals surface area (Å²) in [5.41, 5.74) is 0.317. The maximum atomic E-state index is 13.8. The van der Waals surface area contributed by atoms with Crippen LogP contribution < -0.4 is 0 Å². The van der Waals surface area contributed by atoms with E-state index in [0.717, 1.165) is 25.7 Å². The summed E-state index contributed by atoms with van der Waals surface area (Å²) in [7, 11) is 0. The van der Waals surface area contributed by atoms with Crippen LogP contribution in [0.5, 0.6) is 0 Å². The van der Waals surface area contributed by atoms with Crippen molar-refractivity contribution in [1.82, 2.24) is 0 Å². The van der Waals surface area contributed by atoms with Crippen LogP contribution in [0.3, 0.4) is 0 Å². The second kappa shape index (κ2) is 8.05. The van der Waals surface area contributed by atoms with Crippen molar-refractivity contribution in [2.75, 3.05) is 0 Å². The van der Waals surface area contributed by atoms with Crippen LogP contribution in [0.15, 0.2) is 12.2 Å². The molecule has 4 aliphatic rings. The fourth-order valence-corrected chi connectivity index (χ4v) is 8.66. The summed E-state index contributed by atoms with van der Waals surface area (Å²) in [6.45, 7) is 14.2. The molecule has 2 nitrogen and oxygen atoms in total. The Labute approximate surface area is 185 Å². The third kappa shape index (κ3) is 3.54. The highest BCUT2D eigenvalue weighted by Gasteiger charge is 2.63. The van der Waals surface area contributed by atoms with Gasteiger partial charge in [0.15, 0.2) is 0 Å². The Balaban J connectivity index is 1.56. The van der Waals surface area contributed by atoms with Crippen LogP contribution in [0.4, 0.5) is 0 Å². The summed E-state index contributed by atoms with van der Waals surface area (Å²) < 4.78 is 0. The molecule has 170 valence electrons. The Hall–Kier alpha value is -0.630. The molecule has 0 bridgehead atoms. The molecule has 0 amide bonds. The summed E-state index contributed by atoms with van der Waals surface area (Å²) >= 11 is 0. The number of aliphatic hydroxyl groups is 1. The Kier molecular flexibility index (Phi) is 6.06. The highest BCUT2D eigenvalue weighted by Crippen LogP contribution is 2.67. The predicted molar refractivity (Wildman–Crippen MR) is 124 cm³/mol. The number of fused-ring (bicyclic) bond motifs is 5. The lowest BCUT2D eigenvalue weighted by Crippen LogP contribution is -2.57. The van der Waals surface area contributed by atoms with E-state index in [4.69, 9.17) is 0 Å². The van der Waals surface area contributed by atoms with Gasteiger partial charge in [-0.2, -0.15) is 0 Å². The van der Waals surface area contributed by atoms with Crippen LogP contribution in [-0.4, -0.2) is 17.0 Å². The van der Waals surface area contributed by atoms with Crippen molar-refractivity contribution < 1.29 is 9.90 Å². The molecule has 0 radical (unpaired) electrons. The molecule has 0 saturated heterocycles. The maximum Gasteiger partial charge on any atom is 0.137 e. The summed E-state index contributed by atoms with van der Waals surface area (Å²) in [5, 5.41) is 10.2. The number of carbonyl (C=O) groups excluding carboxylic acids is 1. The van der Waals surface area contributed by atoms with Gasteiger partial charge >= 0.3 is 0 Å². The predicted octanol–water partition coefficient (Wildman–Crippen LogP) is 6.67. The molecular formula is C28H46O2. The van der Waals surface area contributed by atoms with Crippen molar-refractivity contribution in [2.24, 2.45) is 58.2 Å². The topological polar surface area (TPSA) is 37.3 Å². The van der Waals surface area contributed by atoms with Crippen LogP contribution in [0.1, 0.15) is 92.9 Å². The molecule has 0 heterocycles. The number of hydrogen-bond acceptors (Lipinski definition) is 2. The first-order valence-corrected chi connectivity index (χ1v) is 13.0. The average molecular weight is 415 g/mol. The van der Waals surface area contributed by atoms with Crippen molar-refractivity contribution >= 4 is 5.78 Å². The van der Waals surface area contributed by atoms with Crippen LogP contribution in [0, 0.1) is 58.2 Å². The third-order valence-corrected chi connectivity index (χ3v) is 10.8. The second-order valence-corrected chi connectivity index (χ2v) is 12.6. The van der Waals surface area contributed by atoms with E-state index in [-0.39, 0.29) is 22.9 Å². The highest BCUT2D eigenvalue weighted by molar-refractivity contribution is 5.84. The van der Waals surface area contributed by atoms with Gasteiger partial charge in [-0.15, -0.1) is 0 Å². The molecule has 4 saturated carbocycles. The normalized spacial score (nSPS) is 48.3. The molecular weight excluding hydrogens is 368 g/mol. The Bertz CT molecular complexity index is 680. The largest absolute Gasteiger partial charge is 0.393 e. The molecule has 0 aromatic heterocycles. The summed E-state index contributed by atoms with van der Waals surface area (Å²) in [5.74, 6) is 5.18. The van der Waals surface area contributed by atoms with Crippen LogP contribution >= 0.6 is 0 Å². The van der Waals surface area contributed by atoms with Gasteiger partial charge in [0, 0.05) is 12.3 Å². The molecule has 0 spiro atoms. The third-order valence-electron chi connectivity index (χ3n) is 10.8. The molecule has 0 aromatic rings. The van der Waals surface area contributed by atoms with Gasteiger partial charge in [0.1, 0.15) is 5.78 Å². The Morgan fingerprint density at radius 3 is 2.40 bits per heavy atom. The van der Waals surface area contributed by atoms with E-state index in [2.05, 4.69) is 53.7 Å². The molecule has 2 heteroatoms. The van der Waals surface area contributed by atoms with E-state index >= 15 is 0 Å². The van der Waals surface area contributed by atoms with E-state index in [1.165, 1.54) is 25.7 Å². The maximum absolute atomic E-state index is 13.8. The Morgan fingerprint density at radius 1 is 0.967 bits per heavy atom. The monoisotopic (exact) mass is 414 g/mol. The van der Waals surface area contributed by atoms with Gasteiger partial charge in [0.25, 0.3) is 0 Å². The lowest BCUT2D eigenvalue weighted by Gasteiger charge is -2.60. The highest BCUT2D eigenvalue weighted by atomic mass is 16.3. The first-order chi connectivity index (χ1) is 14.1. The number of aliphatic hydroxyl groups excluding tert-OH is 1. The minimum absolute atomic E-state index is 0.136. The summed E-state index contributed by atoms with van der Waals surface area (Å²) in [4.78, 5) is 13.8. The van der Waals surface area contributed by atoms with E-state index in [1.807, 2.05) is 0 Å². The Morgan fingerprint density at radius 2 is 1.70 bits per heavy atom. The molecule has 10 atom stereocenters. The first-order valence-electron chi connectivity index (χ1n) is 13.0. The number of ketones is 1. The minimum atomic E-state index is -0.139. The minimum Gasteiger partial charge on any atom is -0.393 e. The lowest BCUT2D eigenvalue weighted by molar-refractivity contribution is -0.162. The molecule has 1 N–H and O–H groups in total. The standard InChI is InChI=1S/C28H46O2/c1-17(2)18(3)7-8-19(4)23-11-12-24-22-10-9-20-15-21(29)13-14-27(20,5)26(22)25(30)16-28(23,24)6/h7-8,17-24,26,29H,9-16H2,1-6H3/b8-7+/t18-,19+,20-,21-,22-,23+,24-,26+,27-,28+/m0/s1. The SMILES string of the molecule is CC(C)[C@@H](C)/C=C/[C@@H](C)[C@H]1CC[C@H]2[C@@H]3CC[C@H]4C[C@@H](O)CC[C@]4(C)[C@H]3C(=O)C[C@]12C. The zero-order valence-corrected chi connectivity index (χ0v) is 20.4. The first kappa shape index (κ1) is 22.6. The van der Waals surface area contributed by atoms with E-state index in [1.54, 1.807) is 0 Å². The van der Waals surface area contributed by atoms with E-state index in [9.17, 15) is 9.90 Å².